The van der Waals surface area contributed by atoms with E-state index in [-0.39, 0.29) is 23.6 Å². The van der Waals surface area contributed by atoms with Crippen LogP contribution in [0.3, 0.4) is 0 Å². The highest BCUT2D eigenvalue weighted by atomic mass is 19.4. The predicted octanol–water partition coefficient (Wildman–Crippen LogP) is 7.02. The molecule has 1 aliphatic rings. The van der Waals surface area contributed by atoms with Crippen molar-refractivity contribution in [3.8, 4) is 11.8 Å². The Bertz CT molecular complexity index is 2690. The van der Waals surface area contributed by atoms with Gasteiger partial charge in [0.2, 0.25) is 17.7 Å². The van der Waals surface area contributed by atoms with Gasteiger partial charge >= 0.3 is 12.4 Å². The van der Waals surface area contributed by atoms with Crippen molar-refractivity contribution >= 4 is 45.3 Å². The third kappa shape index (κ3) is 10.7. The molecule has 0 saturated carbocycles. The lowest BCUT2D eigenvalue weighted by Crippen LogP contribution is -2.24. The summed E-state index contributed by atoms with van der Waals surface area (Å²) in [5, 5.41) is 13.2. The third-order valence-electron chi connectivity index (χ3n) is 9.03. The lowest BCUT2D eigenvalue weighted by Gasteiger charge is -2.14. The SMILES string of the molecule is Cc1cc(Cn2cc3c(N4CCCC4=O)nccc3n2)cnc1OCC(F)(F)F.Cc1cc(Cn2cc3c(NC(=O)c4cccnc4)nccc3n2)cnc1OCC(F)(F)F. The number of hydrogen-bond donors (Lipinski definition) is 1. The van der Waals surface area contributed by atoms with Crippen molar-refractivity contribution in [3.63, 3.8) is 0 Å². The fourth-order valence-electron chi connectivity index (χ4n) is 6.39. The number of alkyl halides is 6. The summed E-state index contributed by atoms with van der Waals surface area (Å²) in [6, 6.07) is 10.2. The molecule has 7 aromatic heterocycles. The van der Waals surface area contributed by atoms with Crippen molar-refractivity contribution in [1.82, 2.24) is 44.5 Å². The monoisotopic (exact) mass is 847 g/mol. The zero-order valence-electron chi connectivity index (χ0n) is 32.4. The van der Waals surface area contributed by atoms with E-state index in [0.717, 1.165) is 22.9 Å². The van der Waals surface area contributed by atoms with Gasteiger partial charge in [-0.15, -0.1) is 0 Å². The Morgan fingerprint density at radius 3 is 1.85 bits per heavy atom. The molecule has 0 atom stereocenters. The number of fused-ring (bicyclic) bond motifs is 2. The molecule has 61 heavy (non-hydrogen) atoms. The molecule has 1 fully saturated rings. The minimum Gasteiger partial charge on any atom is -0.468 e. The molecule has 1 aliphatic heterocycles. The number of carbonyl (C=O) groups is 2. The Kier molecular flexibility index (Phi) is 12.1. The minimum atomic E-state index is -4.43. The van der Waals surface area contributed by atoms with Crippen LogP contribution in [0.15, 0.2) is 86.0 Å². The van der Waals surface area contributed by atoms with Crippen molar-refractivity contribution in [2.45, 2.75) is 52.1 Å². The van der Waals surface area contributed by atoms with Crippen LogP contribution < -0.4 is 19.7 Å². The third-order valence-corrected chi connectivity index (χ3v) is 9.03. The van der Waals surface area contributed by atoms with Crippen LogP contribution in [0.25, 0.3) is 21.8 Å². The molecule has 316 valence electrons. The average Bonchev–Trinajstić information content (AvgIpc) is 3.95. The van der Waals surface area contributed by atoms with E-state index in [1.165, 1.54) is 24.8 Å². The average molecular weight is 848 g/mol. The van der Waals surface area contributed by atoms with Gasteiger partial charge in [0.25, 0.3) is 5.91 Å². The van der Waals surface area contributed by atoms with Crippen molar-refractivity contribution < 1.29 is 45.4 Å². The Hall–Kier alpha value is -7.19. The molecule has 8 heterocycles. The van der Waals surface area contributed by atoms with Crippen molar-refractivity contribution in [1.29, 1.82) is 0 Å². The van der Waals surface area contributed by atoms with Gasteiger partial charge in [0.15, 0.2) is 13.2 Å². The molecule has 7 aromatic rings. The summed E-state index contributed by atoms with van der Waals surface area (Å²) in [5.41, 5.74) is 4.21. The molecular formula is C40H35F6N11O4. The summed E-state index contributed by atoms with van der Waals surface area (Å²) in [7, 11) is 0. The zero-order chi connectivity index (χ0) is 43.3. The summed E-state index contributed by atoms with van der Waals surface area (Å²) < 4.78 is 86.8. The molecule has 0 aromatic carbocycles. The first kappa shape index (κ1) is 42.0. The first-order chi connectivity index (χ1) is 29.1. The molecular weight excluding hydrogens is 813 g/mol. The maximum atomic E-state index is 12.4. The van der Waals surface area contributed by atoms with E-state index in [0.29, 0.717) is 70.8 Å². The standard InChI is InChI=1S/C21H17F3N6O2.C19H18F3N5O2/c1-13-7-14(8-27-20(13)32-12-21(22,23)24)10-30-11-16-17(29-30)4-6-26-18(16)28-19(31)15-3-2-5-25-9-15;1-12-7-13(8-24-18(12)29-11-19(20,21)22)9-26-10-14-15(25-26)4-5-23-17(14)27-6-2-3-16(27)28/h2-9,11H,10,12H2,1H3,(H,26,28,31);4-5,7-8,10H,2-3,6,9,11H2,1H3. The number of amides is 2. The van der Waals surface area contributed by atoms with Crippen molar-refractivity contribution in [2.24, 2.45) is 0 Å². The van der Waals surface area contributed by atoms with Crippen LogP contribution in [0.5, 0.6) is 11.8 Å². The Morgan fingerprint density at radius 1 is 0.754 bits per heavy atom. The number of ether oxygens (including phenoxy) is 2. The van der Waals surface area contributed by atoms with E-state index >= 15 is 0 Å². The summed E-state index contributed by atoms with van der Waals surface area (Å²) >= 11 is 0. The van der Waals surface area contributed by atoms with Gasteiger partial charge in [0.1, 0.15) is 11.6 Å². The highest BCUT2D eigenvalue weighted by molar-refractivity contribution is 6.07. The second-order valence-electron chi connectivity index (χ2n) is 13.9. The van der Waals surface area contributed by atoms with Gasteiger partial charge in [-0.05, 0) is 67.8 Å². The molecule has 2 amide bonds. The van der Waals surface area contributed by atoms with Crippen LogP contribution in [0.2, 0.25) is 0 Å². The summed E-state index contributed by atoms with van der Waals surface area (Å²) in [4.78, 5) is 46.7. The van der Waals surface area contributed by atoms with Crippen LogP contribution in [0, 0.1) is 13.8 Å². The summed E-state index contributed by atoms with van der Waals surface area (Å²) in [6.07, 6.45) is 5.11. The van der Waals surface area contributed by atoms with Crippen molar-refractivity contribution in [2.75, 3.05) is 30.0 Å². The van der Waals surface area contributed by atoms with E-state index in [4.69, 9.17) is 9.47 Å². The van der Waals surface area contributed by atoms with E-state index in [9.17, 15) is 35.9 Å². The van der Waals surface area contributed by atoms with Crippen LogP contribution in [-0.2, 0) is 17.9 Å². The highest BCUT2D eigenvalue weighted by Gasteiger charge is 2.30. The van der Waals surface area contributed by atoms with Crippen LogP contribution in [0.1, 0.15) is 45.5 Å². The largest absolute Gasteiger partial charge is 0.468 e. The van der Waals surface area contributed by atoms with Crippen LogP contribution in [0.4, 0.5) is 38.0 Å². The molecule has 21 heteroatoms. The fourth-order valence-corrected chi connectivity index (χ4v) is 6.39. The number of carbonyl (C=O) groups excluding carboxylic acids is 2. The maximum absolute atomic E-state index is 12.4. The number of pyridine rings is 5. The topological polar surface area (TPSA) is 168 Å². The van der Waals surface area contributed by atoms with Gasteiger partial charge in [-0.3, -0.25) is 28.8 Å². The fraction of sp³-hybridized carbons (Fsp3) is 0.275. The van der Waals surface area contributed by atoms with Gasteiger partial charge < -0.3 is 14.8 Å². The second-order valence-corrected chi connectivity index (χ2v) is 13.9. The molecule has 1 saturated heterocycles. The number of halogens is 6. The molecule has 0 bridgehead atoms. The summed E-state index contributed by atoms with van der Waals surface area (Å²) in [6.45, 7) is 1.81. The first-order valence-electron chi connectivity index (χ1n) is 18.5. The Balaban J connectivity index is 0.000000185. The zero-order valence-corrected chi connectivity index (χ0v) is 32.4. The first-order valence-corrected chi connectivity index (χ1v) is 18.5. The van der Waals surface area contributed by atoms with E-state index < -0.39 is 25.6 Å². The number of nitrogens with zero attached hydrogens (tertiary/aromatic N) is 10. The molecule has 0 unspecified atom stereocenters. The second kappa shape index (κ2) is 17.6. The molecule has 8 rings (SSSR count). The maximum Gasteiger partial charge on any atom is 0.422 e. The van der Waals surface area contributed by atoms with E-state index in [1.54, 1.807) is 83.1 Å². The Labute approximate surface area is 342 Å². The number of hydrogen-bond acceptors (Lipinski definition) is 11. The molecule has 15 nitrogen and oxygen atoms in total. The highest BCUT2D eigenvalue weighted by Crippen LogP contribution is 2.28. The lowest BCUT2D eigenvalue weighted by atomic mass is 10.2. The van der Waals surface area contributed by atoms with Crippen molar-refractivity contribution in [3.05, 3.63) is 114 Å². The van der Waals surface area contributed by atoms with Gasteiger partial charge in [-0.2, -0.15) is 36.5 Å². The molecule has 1 N–H and O–H groups in total. The van der Waals surface area contributed by atoms with E-state index in [2.05, 4.69) is 40.4 Å². The molecule has 0 spiro atoms. The van der Waals surface area contributed by atoms with E-state index in [1.807, 2.05) is 6.20 Å². The van der Waals surface area contributed by atoms with Crippen LogP contribution >= 0.6 is 0 Å². The van der Waals surface area contributed by atoms with Gasteiger partial charge in [-0.25, -0.2) is 19.9 Å². The molecule has 0 aliphatic carbocycles. The summed E-state index contributed by atoms with van der Waals surface area (Å²) in [5.74, 6) is 0.540. The molecule has 0 radical (unpaired) electrons. The number of rotatable bonds is 11. The number of aryl methyl sites for hydroxylation is 2. The minimum absolute atomic E-state index is 0.0456. The number of anilines is 2. The smallest absolute Gasteiger partial charge is 0.422 e. The predicted molar refractivity (Wildman–Crippen MR) is 208 cm³/mol. The number of nitrogens with one attached hydrogen (secondary N) is 1. The normalized spacial score (nSPS) is 13.0. The number of aromatic nitrogens is 9. The van der Waals surface area contributed by atoms with Gasteiger partial charge in [-0.1, -0.05) is 0 Å². The quantitative estimate of drug-likeness (QED) is 0.133. The van der Waals surface area contributed by atoms with Gasteiger partial charge in [0, 0.05) is 73.7 Å². The van der Waals surface area contributed by atoms with Gasteiger partial charge in [0.05, 0.1) is 40.5 Å². The lowest BCUT2D eigenvalue weighted by molar-refractivity contribution is -0.154. The van der Waals surface area contributed by atoms with Crippen LogP contribution in [-0.4, -0.2) is 88.4 Å². The Morgan fingerprint density at radius 2 is 1.33 bits per heavy atom.